The van der Waals surface area contributed by atoms with Crippen LogP contribution in [0.5, 0.6) is 0 Å². The number of hydrogen-bond donors (Lipinski definition) is 2. The van der Waals surface area contributed by atoms with Gasteiger partial charge < -0.3 is 15.2 Å². The molecule has 1 unspecified atom stereocenters. The molecule has 0 spiro atoms. The van der Waals surface area contributed by atoms with E-state index in [4.69, 9.17) is 15.1 Å². The minimum absolute atomic E-state index is 0.0970. The molecule has 16 heavy (non-hydrogen) atoms. The van der Waals surface area contributed by atoms with Crippen LogP contribution in [0.1, 0.15) is 26.2 Å². The molecule has 0 aromatic rings. The van der Waals surface area contributed by atoms with Gasteiger partial charge in [-0.25, -0.2) is 0 Å². The van der Waals surface area contributed by atoms with Crippen LogP contribution in [0.25, 0.3) is 0 Å². The summed E-state index contributed by atoms with van der Waals surface area (Å²) in [7, 11) is 0. The molecular weight excluding hydrogens is 208 g/mol. The molecule has 1 heterocycles. The second-order valence-electron chi connectivity index (χ2n) is 4.07. The summed E-state index contributed by atoms with van der Waals surface area (Å²) in [5.41, 5.74) is -0.971. The van der Waals surface area contributed by atoms with Crippen LogP contribution in [0.3, 0.4) is 0 Å². The molecule has 1 rings (SSSR count). The SMILES string of the molecule is CCC(CO)NC(=O)C1(C#N)CCOCC1. The number of amides is 1. The van der Waals surface area contributed by atoms with Crippen LogP contribution in [-0.4, -0.2) is 36.9 Å². The Morgan fingerprint density at radius 2 is 2.25 bits per heavy atom. The number of nitrogens with zero attached hydrogens (tertiary/aromatic N) is 1. The Bertz CT molecular complexity index is 275. The molecule has 0 aromatic carbocycles. The van der Waals surface area contributed by atoms with Gasteiger partial charge in [0.15, 0.2) is 0 Å². The van der Waals surface area contributed by atoms with Crippen LogP contribution >= 0.6 is 0 Å². The molecule has 90 valence electrons. The number of aliphatic hydroxyl groups is 1. The molecule has 1 aliphatic heterocycles. The first kappa shape index (κ1) is 12.9. The van der Waals surface area contributed by atoms with E-state index in [0.717, 1.165) is 0 Å². The molecule has 1 aliphatic rings. The maximum absolute atomic E-state index is 12.0. The fourth-order valence-electron chi connectivity index (χ4n) is 1.71. The molecule has 1 atom stereocenters. The van der Waals surface area contributed by atoms with Gasteiger partial charge in [-0.05, 0) is 19.3 Å². The zero-order valence-corrected chi connectivity index (χ0v) is 9.53. The summed E-state index contributed by atoms with van der Waals surface area (Å²) >= 11 is 0. The van der Waals surface area contributed by atoms with Crippen molar-refractivity contribution in [2.24, 2.45) is 5.41 Å². The van der Waals surface area contributed by atoms with Gasteiger partial charge in [-0.2, -0.15) is 5.26 Å². The van der Waals surface area contributed by atoms with Crippen molar-refractivity contribution < 1.29 is 14.6 Å². The fraction of sp³-hybridized carbons (Fsp3) is 0.818. The Hall–Kier alpha value is -1.12. The highest BCUT2D eigenvalue weighted by molar-refractivity contribution is 5.85. The molecule has 0 saturated carbocycles. The minimum Gasteiger partial charge on any atom is -0.394 e. The van der Waals surface area contributed by atoms with E-state index < -0.39 is 5.41 Å². The standard InChI is InChI=1S/C11H18N2O3/c1-2-9(7-14)13-10(15)11(8-12)3-5-16-6-4-11/h9,14H,2-7H2,1H3,(H,13,15). The Labute approximate surface area is 95.4 Å². The van der Waals surface area contributed by atoms with E-state index in [9.17, 15) is 4.79 Å². The molecule has 5 nitrogen and oxygen atoms in total. The lowest BCUT2D eigenvalue weighted by Crippen LogP contribution is -2.48. The molecule has 2 N–H and O–H groups in total. The Morgan fingerprint density at radius 1 is 1.62 bits per heavy atom. The number of ether oxygens (including phenoxy) is 1. The van der Waals surface area contributed by atoms with Crippen molar-refractivity contribution in [3.63, 3.8) is 0 Å². The minimum atomic E-state index is -0.971. The molecule has 0 aliphatic carbocycles. The van der Waals surface area contributed by atoms with Gasteiger partial charge in [0.2, 0.25) is 5.91 Å². The summed E-state index contributed by atoms with van der Waals surface area (Å²) in [6.07, 6.45) is 1.51. The predicted octanol–water partition coefficient (Wildman–Crippen LogP) is 0.194. The molecule has 0 bridgehead atoms. The van der Waals surface area contributed by atoms with E-state index in [0.29, 0.717) is 32.5 Å². The smallest absolute Gasteiger partial charge is 0.240 e. The number of carbonyl (C=O) groups is 1. The average molecular weight is 226 g/mol. The van der Waals surface area contributed by atoms with E-state index >= 15 is 0 Å². The van der Waals surface area contributed by atoms with Crippen LogP contribution in [0.15, 0.2) is 0 Å². The molecule has 1 fully saturated rings. The average Bonchev–Trinajstić information content (AvgIpc) is 2.36. The zero-order valence-electron chi connectivity index (χ0n) is 9.53. The molecule has 1 amide bonds. The first-order chi connectivity index (χ1) is 7.68. The molecular formula is C11H18N2O3. The monoisotopic (exact) mass is 226 g/mol. The molecule has 1 saturated heterocycles. The van der Waals surface area contributed by atoms with Crippen molar-refractivity contribution in [3.8, 4) is 6.07 Å². The summed E-state index contributed by atoms with van der Waals surface area (Å²) in [5.74, 6) is -0.279. The van der Waals surface area contributed by atoms with Crippen LogP contribution < -0.4 is 5.32 Å². The number of aliphatic hydroxyl groups excluding tert-OH is 1. The van der Waals surface area contributed by atoms with Crippen molar-refractivity contribution in [2.45, 2.75) is 32.2 Å². The second-order valence-corrected chi connectivity index (χ2v) is 4.07. The van der Waals surface area contributed by atoms with Gasteiger partial charge >= 0.3 is 0 Å². The highest BCUT2D eigenvalue weighted by atomic mass is 16.5. The Kier molecular flexibility index (Phi) is 4.71. The highest BCUT2D eigenvalue weighted by Crippen LogP contribution is 2.30. The van der Waals surface area contributed by atoms with Gasteiger partial charge in [-0.1, -0.05) is 6.92 Å². The summed E-state index contributed by atoms with van der Waals surface area (Å²) in [5, 5.41) is 20.9. The van der Waals surface area contributed by atoms with Crippen molar-refractivity contribution in [3.05, 3.63) is 0 Å². The van der Waals surface area contributed by atoms with Gasteiger partial charge in [-0.3, -0.25) is 4.79 Å². The maximum Gasteiger partial charge on any atom is 0.240 e. The van der Waals surface area contributed by atoms with Crippen molar-refractivity contribution in [1.29, 1.82) is 5.26 Å². The number of nitriles is 1. The van der Waals surface area contributed by atoms with Crippen molar-refractivity contribution >= 4 is 5.91 Å². The molecule has 0 radical (unpaired) electrons. The van der Waals surface area contributed by atoms with Crippen LogP contribution in [0.4, 0.5) is 0 Å². The number of rotatable bonds is 4. The first-order valence-electron chi connectivity index (χ1n) is 5.59. The topological polar surface area (TPSA) is 82.4 Å². The summed E-state index contributed by atoms with van der Waals surface area (Å²) in [6, 6.07) is 1.83. The maximum atomic E-state index is 12.0. The number of hydrogen-bond acceptors (Lipinski definition) is 4. The third-order valence-electron chi connectivity index (χ3n) is 3.04. The van der Waals surface area contributed by atoms with Crippen LogP contribution in [-0.2, 0) is 9.53 Å². The van der Waals surface area contributed by atoms with Gasteiger partial charge in [-0.15, -0.1) is 0 Å². The Balaban J connectivity index is 2.65. The van der Waals surface area contributed by atoms with Crippen molar-refractivity contribution in [2.75, 3.05) is 19.8 Å². The van der Waals surface area contributed by atoms with Gasteiger partial charge in [0, 0.05) is 13.2 Å². The normalized spacial score (nSPS) is 20.8. The summed E-state index contributed by atoms with van der Waals surface area (Å²) < 4.78 is 5.15. The second kappa shape index (κ2) is 5.83. The van der Waals surface area contributed by atoms with Crippen LogP contribution in [0, 0.1) is 16.7 Å². The van der Waals surface area contributed by atoms with Crippen LogP contribution in [0.2, 0.25) is 0 Å². The third-order valence-corrected chi connectivity index (χ3v) is 3.04. The number of carbonyl (C=O) groups excluding carboxylic acids is 1. The first-order valence-corrected chi connectivity index (χ1v) is 5.59. The summed E-state index contributed by atoms with van der Waals surface area (Å²) in [4.78, 5) is 12.0. The third kappa shape index (κ3) is 2.71. The number of nitrogens with one attached hydrogen (secondary N) is 1. The van der Waals surface area contributed by atoms with E-state index in [-0.39, 0.29) is 18.6 Å². The lowest BCUT2D eigenvalue weighted by Gasteiger charge is -2.30. The lowest BCUT2D eigenvalue weighted by atomic mass is 9.80. The van der Waals surface area contributed by atoms with E-state index in [1.54, 1.807) is 0 Å². The van der Waals surface area contributed by atoms with Gasteiger partial charge in [0.25, 0.3) is 0 Å². The lowest BCUT2D eigenvalue weighted by molar-refractivity contribution is -0.133. The fourth-order valence-corrected chi connectivity index (χ4v) is 1.71. The predicted molar refractivity (Wildman–Crippen MR) is 57.4 cm³/mol. The summed E-state index contributed by atoms with van der Waals surface area (Å²) in [6.45, 7) is 2.66. The van der Waals surface area contributed by atoms with Gasteiger partial charge in [0.05, 0.1) is 18.7 Å². The van der Waals surface area contributed by atoms with E-state index in [1.807, 2.05) is 6.92 Å². The quantitative estimate of drug-likeness (QED) is 0.717. The van der Waals surface area contributed by atoms with E-state index in [2.05, 4.69) is 11.4 Å². The molecule has 5 heteroatoms. The van der Waals surface area contributed by atoms with Gasteiger partial charge in [0.1, 0.15) is 5.41 Å². The molecule has 0 aromatic heterocycles. The Morgan fingerprint density at radius 3 is 2.69 bits per heavy atom. The largest absolute Gasteiger partial charge is 0.394 e. The van der Waals surface area contributed by atoms with E-state index in [1.165, 1.54) is 0 Å². The zero-order chi connectivity index (χ0) is 12.0. The highest BCUT2D eigenvalue weighted by Gasteiger charge is 2.40. The van der Waals surface area contributed by atoms with Crippen molar-refractivity contribution in [1.82, 2.24) is 5.32 Å².